The average molecular weight is 212 g/mol. The van der Waals surface area contributed by atoms with E-state index in [1.807, 2.05) is 6.92 Å². The molecule has 0 amide bonds. The zero-order chi connectivity index (χ0) is 10.6. The molecule has 0 aromatic carbocycles. The molecule has 0 unspecified atom stereocenters. The number of carbonyl (C=O) groups is 1. The Labute approximate surface area is 88.9 Å². The number of rotatable bonds is 4. The second-order valence-electron chi connectivity index (χ2n) is 3.26. The third-order valence-electron chi connectivity index (χ3n) is 2.20. The van der Waals surface area contributed by atoms with Crippen LogP contribution in [-0.2, 0) is 16.0 Å². The predicted octanol–water partition coefficient (Wildman–Crippen LogP) is 2.86. The number of hydrogen-bond acceptors (Lipinski definition) is 3. The smallest absolute Gasteiger partial charge is 0.306 e. The van der Waals surface area contributed by atoms with E-state index in [0.717, 1.165) is 6.42 Å². The highest BCUT2D eigenvalue weighted by Crippen LogP contribution is 2.22. The molecule has 1 aromatic heterocycles. The molecule has 1 aromatic rings. The van der Waals surface area contributed by atoms with Gasteiger partial charge in [0.1, 0.15) is 0 Å². The fraction of sp³-hybridized carbons (Fsp3) is 0.545. The zero-order valence-electron chi connectivity index (χ0n) is 8.92. The lowest BCUT2D eigenvalue weighted by Crippen LogP contribution is -2.05. The average Bonchev–Trinajstić information content (AvgIpc) is 2.44. The minimum Gasteiger partial charge on any atom is -0.466 e. The van der Waals surface area contributed by atoms with Crippen molar-refractivity contribution < 1.29 is 9.53 Å². The molecule has 0 fully saturated rings. The Morgan fingerprint density at radius 2 is 2.21 bits per heavy atom. The molecule has 0 bridgehead atoms. The van der Waals surface area contributed by atoms with Crippen LogP contribution in [0.2, 0.25) is 0 Å². The lowest BCUT2D eigenvalue weighted by atomic mass is 10.1. The van der Waals surface area contributed by atoms with Gasteiger partial charge >= 0.3 is 5.97 Å². The van der Waals surface area contributed by atoms with Crippen molar-refractivity contribution in [3.63, 3.8) is 0 Å². The molecule has 0 aliphatic heterocycles. The molecule has 0 aliphatic rings. The van der Waals surface area contributed by atoms with Crippen LogP contribution in [0, 0.1) is 13.8 Å². The van der Waals surface area contributed by atoms with Crippen molar-refractivity contribution in [1.29, 1.82) is 0 Å². The van der Waals surface area contributed by atoms with Crippen LogP contribution >= 0.6 is 11.3 Å². The summed E-state index contributed by atoms with van der Waals surface area (Å²) in [5.74, 6) is -0.0995. The van der Waals surface area contributed by atoms with Crippen LogP contribution in [0.1, 0.15) is 29.3 Å². The molecule has 2 nitrogen and oxygen atoms in total. The van der Waals surface area contributed by atoms with Crippen molar-refractivity contribution in [3.8, 4) is 0 Å². The van der Waals surface area contributed by atoms with Gasteiger partial charge in [-0.05, 0) is 43.7 Å². The van der Waals surface area contributed by atoms with Crippen molar-refractivity contribution in [2.45, 2.75) is 33.6 Å². The van der Waals surface area contributed by atoms with E-state index in [4.69, 9.17) is 4.74 Å². The monoisotopic (exact) mass is 212 g/mol. The minimum atomic E-state index is -0.0995. The SMILES string of the molecule is CCOC(=O)CCc1c(C)csc1C. The van der Waals surface area contributed by atoms with Crippen LogP contribution in [0.25, 0.3) is 0 Å². The number of ether oxygens (including phenoxy) is 1. The fourth-order valence-electron chi connectivity index (χ4n) is 1.43. The topological polar surface area (TPSA) is 26.3 Å². The molecule has 0 aliphatic carbocycles. The molecule has 3 heteroatoms. The first kappa shape index (κ1) is 11.2. The summed E-state index contributed by atoms with van der Waals surface area (Å²) < 4.78 is 4.88. The van der Waals surface area contributed by atoms with Gasteiger partial charge in [0, 0.05) is 11.3 Å². The third-order valence-corrected chi connectivity index (χ3v) is 3.27. The molecule has 0 radical (unpaired) electrons. The van der Waals surface area contributed by atoms with E-state index in [0.29, 0.717) is 13.0 Å². The van der Waals surface area contributed by atoms with E-state index in [1.54, 1.807) is 11.3 Å². The molecule has 0 saturated carbocycles. The quantitative estimate of drug-likeness (QED) is 0.717. The molecule has 0 saturated heterocycles. The summed E-state index contributed by atoms with van der Waals surface area (Å²) in [6, 6.07) is 0. The lowest BCUT2D eigenvalue weighted by molar-refractivity contribution is -0.143. The van der Waals surface area contributed by atoms with E-state index in [1.165, 1.54) is 16.0 Å². The molecule has 0 atom stereocenters. The Balaban J connectivity index is 2.49. The Morgan fingerprint density at radius 3 is 2.71 bits per heavy atom. The van der Waals surface area contributed by atoms with Crippen molar-refractivity contribution in [2.75, 3.05) is 6.61 Å². The van der Waals surface area contributed by atoms with Crippen molar-refractivity contribution in [3.05, 3.63) is 21.4 Å². The van der Waals surface area contributed by atoms with Crippen LogP contribution < -0.4 is 0 Å². The van der Waals surface area contributed by atoms with Crippen LogP contribution in [-0.4, -0.2) is 12.6 Å². The maximum Gasteiger partial charge on any atom is 0.306 e. The van der Waals surface area contributed by atoms with Gasteiger partial charge in [-0.25, -0.2) is 0 Å². The summed E-state index contributed by atoms with van der Waals surface area (Å²) in [6.07, 6.45) is 1.30. The van der Waals surface area contributed by atoms with Gasteiger partial charge in [-0.1, -0.05) is 0 Å². The van der Waals surface area contributed by atoms with E-state index in [-0.39, 0.29) is 5.97 Å². The van der Waals surface area contributed by atoms with E-state index in [2.05, 4.69) is 19.2 Å². The van der Waals surface area contributed by atoms with Gasteiger partial charge in [0.25, 0.3) is 0 Å². The summed E-state index contributed by atoms with van der Waals surface area (Å²) in [4.78, 5) is 12.5. The summed E-state index contributed by atoms with van der Waals surface area (Å²) in [7, 11) is 0. The number of carbonyl (C=O) groups excluding carboxylic acids is 1. The van der Waals surface area contributed by atoms with Crippen LogP contribution in [0.15, 0.2) is 5.38 Å². The summed E-state index contributed by atoms with van der Waals surface area (Å²) in [6.45, 7) is 6.49. The largest absolute Gasteiger partial charge is 0.466 e. The first-order chi connectivity index (χ1) is 6.65. The highest BCUT2D eigenvalue weighted by atomic mass is 32.1. The van der Waals surface area contributed by atoms with Gasteiger partial charge in [-0.15, -0.1) is 11.3 Å². The first-order valence-electron chi connectivity index (χ1n) is 4.84. The second-order valence-corrected chi connectivity index (χ2v) is 4.34. The van der Waals surface area contributed by atoms with Gasteiger partial charge < -0.3 is 4.74 Å². The molecular formula is C11H16O2S. The number of hydrogen-bond donors (Lipinski definition) is 0. The van der Waals surface area contributed by atoms with Crippen molar-refractivity contribution in [2.24, 2.45) is 0 Å². The van der Waals surface area contributed by atoms with Gasteiger partial charge in [-0.3, -0.25) is 4.79 Å². The Kier molecular flexibility index (Phi) is 4.14. The van der Waals surface area contributed by atoms with Gasteiger partial charge in [0.05, 0.1) is 6.61 Å². The molecule has 14 heavy (non-hydrogen) atoms. The molecular weight excluding hydrogens is 196 g/mol. The maximum absolute atomic E-state index is 11.1. The van der Waals surface area contributed by atoms with Gasteiger partial charge in [-0.2, -0.15) is 0 Å². The number of esters is 1. The molecule has 1 rings (SSSR count). The van der Waals surface area contributed by atoms with Crippen molar-refractivity contribution in [1.82, 2.24) is 0 Å². The van der Waals surface area contributed by atoms with E-state index in [9.17, 15) is 4.79 Å². The molecule has 0 N–H and O–H groups in total. The highest BCUT2D eigenvalue weighted by Gasteiger charge is 2.08. The van der Waals surface area contributed by atoms with Crippen LogP contribution in [0.3, 0.4) is 0 Å². The second kappa shape index (κ2) is 5.15. The predicted molar refractivity (Wildman–Crippen MR) is 58.7 cm³/mol. The summed E-state index contributed by atoms with van der Waals surface area (Å²) in [5.41, 5.74) is 2.60. The standard InChI is InChI=1S/C11H16O2S/c1-4-13-11(12)6-5-10-8(2)7-14-9(10)3/h7H,4-6H2,1-3H3. The Morgan fingerprint density at radius 1 is 1.50 bits per heavy atom. The Hall–Kier alpha value is -0.830. The van der Waals surface area contributed by atoms with Gasteiger partial charge in [0.15, 0.2) is 0 Å². The van der Waals surface area contributed by atoms with Crippen LogP contribution in [0.5, 0.6) is 0 Å². The Bertz CT molecular complexity index is 296. The first-order valence-corrected chi connectivity index (χ1v) is 5.72. The molecule has 1 heterocycles. The molecule has 0 spiro atoms. The summed E-state index contributed by atoms with van der Waals surface area (Å²) in [5, 5.41) is 2.13. The number of thiophene rings is 1. The maximum atomic E-state index is 11.1. The van der Waals surface area contributed by atoms with Crippen LogP contribution in [0.4, 0.5) is 0 Å². The van der Waals surface area contributed by atoms with E-state index < -0.39 is 0 Å². The summed E-state index contributed by atoms with van der Waals surface area (Å²) >= 11 is 1.74. The highest BCUT2D eigenvalue weighted by molar-refractivity contribution is 7.10. The lowest BCUT2D eigenvalue weighted by Gasteiger charge is -2.02. The number of aryl methyl sites for hydroxylation is 2. The van der Waals surface area contributed by atoms with Gasteiger partial charge in [0.2, 0.25) is 0 Å². The fourth-order valence-corrected chi connectivity index (χ4v) is 2.33. The van der Waals surface area contributed by atoms with Crippen molar-refractivity contribution >= 4 is 17.3 Å². The normalized spacial score (nSPS) is 10.2. The zero-order valence-corrected chi connectivity index (χ0v) is 9.74. The van der Waals surface area contributed by atoms with E-state index >= 15 is 0 Å². The minimum absolute atomic E-state index is 0.0995. The third kappa shape index (κ3) is 2.84. The molecule has 78 valence electrons.